The van der Waals surface area contributed by atoms with Gasteiger partial charge < -0.3 is 0 Å². The molecule has 0 amide bonds. The molecule has 1 heterocycles. The van der Waals surface area contributed by atoms with Crippen LogP contribution in [0.1, 0.15) is 5.56 Å². The van der Waals surface area contributed by atoms with E-state index in [2.05, 4.69) is 122 Å². The predicted octanol–water partition coefficient (Wildman–Crippen LogP) is 9.36. The third-order valence-corrected chi connectivity index (χ3v) is 7.32. The summed E-state index contributed by atoms with van der Waals surface area (Å²) >= 11 is 1.88. The highest BCUT2D eigenvalue weighted by atomic mass is 32.1. The van der Waals surface area contributed by atoms with Crippen molar-refractivity contribution in [3.05, 3.63) is 121 Å². The number of thiophene rings is 1. The number of benzene rings is 5. The number of hydrogen-bond donors (Lipinski definition) is 0. The molecule has 0 saturated carbocycles. The van der Waals surface area contributed by atoms with Gasteiger partial charge in [-0.25, -0.2) is 0 Å². The molecule has 1 heteroatoms. The van der Waals surface area contributed by atoms with Crippen molar-refractivity contribution in [2.75, 3.05) is 0 Å². The largest absolute Gasteiger partial charge is 0.135 e. The Morgan fingerprint density at radius 1 is 0.438 bits per heavy atom. The first kappa shape index (κ1) is 19.0. The Kier molecular flexibility index (Phi) is 4.63. The number of hydrogen-bond acceptors (Lipinski definition) is 1. The summed E-state index contributed by atoms with van der Waals surface area (Å²) in [6.07, 6.45) is 0. The predicted molar refractivity (Wildman–Crippen MR) is 140 cm³/mol. The highest BCUT2D eigenvalue weighted by Gasteiger charge is 2.13. The van der Waals surface area contributed by atoms with Gasteiger partial charge in [0, 0.05) is 20.2 Å². The summed E-state index contributed by atoms with van der Waals surface area (Å²) in [5.74, 6) is 0. The Bertz CT molecular complexity index is 1540. The molecule has 0 aliphatic rings. The Labute approximate surface area is 192 Å². The average Bonchev–Trinajstić information content (AvgIpc) is 3.22. The first-order chi connectivity index (χ1) is 15.8. The van der Waals surface area contributed by atoms with Crippen LogP contribution in [0.4, 0.5) is 0 Å². The van der Waals surface area contributed by atoms with Gasteiger partial charge in [-0.05, 0) is 58.5 Å². The van der Waals surface area contributed by atoms with Crippen molar-refractivity contribution in [3.8, 4) is 33.4 Å². The van der Waals surface area contributed by atoms with Crippen molar-refractivity contribution in [2.24, 2.45) is 0 Å². The maximum Gasteiger partial charge on any atom is 0.0362 e. The fraction of sp³-hybridized carbons (Fsp3) is 0.0323. The molecule has 5 aromatic carbocycles. The molecule has 32 heavy (non-hydrogen) atoms. The van der Waals surface area contributed by atoms with Gasteiger partial charge in [0.1, 0.15) is 0 Å². The van der Waals surface area contributed by atoms with Crippen LogP contribution in [0.3, 0.4) is 0 Å². The third kappa shape index (κ3) is 3.32. The van der Waals surface area contributed by atoms with Gasteiger partial charge in [0.2, 0.25) is 0 Å². The maximum absolute atomic E-state index is 2.39. The minimum absolute atomic E-state index is 1.24. The van der Waals surface area contributed by atoms with Crippen molar-refractivity contribution >= 4 is 31.5 Å². The molecule has 152 valence electrons. The van der Waals surface area contributed by atoms with Crippen molar-refractivity contribution in [3.63, 3.8) is 0 Å². The van der Waals surface area contributed by atoms with Crippen molar-refractivity contribution in [1.29, 1.82) is 0 Å². The fourth-order valence-corrected chi connectivity index (χ4v) is 5.58. The minimum atomic E-state index is 1.24. The summed E-state index contributed by atoms with van der Waals surface area (Å²) < 4.78 is 2.68. The van der Waals surface area contributed by atoms with Gasteiger partial charge in [-0.2, -0.15) is 0 Å². The van der Waals surface area contributed by atoms with Crippen LogP contribution >= 0.6 is 11.3 Å². The van der Waals surface area contributed by atoms with E-state index < -0.39 is 0 Å². The van der Waals surface area contributed by atoms with Crippen molar-refractivity contribution in [2.45, 2.75) is 6.92 Å². The topological polar surface area (TPSA) is 0 Å². The lowest BCUT2D eigenvalue weighted by atomic mass is 9.91. The fourth-order valence-electron chi connectivity index (χ4n) is 4.45. The minimum Gasteiger partial charge on any atom is -0.135 e. The molecule has 0 aliphatic carbocycles. The molecule has 6 aromatic rings. The molecule has 0 radical (unpaired) electrons. The van der Waals surface area contributed by atoms with Gasteiger partial charge in [0.15, 0.2) is 0 Å². The standard InChI is InChI=1S/C31H22S/c1-21-11-13-24(14-12-21)28-20-31-29(26-9-5-6-10-30(26)32-31)19-27(28)25-17-15-23(16-18-25)22-7-3-2-4-8-22/h2-20H,1H3. The molecule has 6 rings (SSSR count). The summed E-state index contributed by atoms with van der Waals surface area (Å²) in [4.78, 5) is 0. The molecule has 0 unspecified atom stereocenters. The van der Waals surface area contributed by atoms with Crippen LogP contribution in [0.2, 0.25) is 0 Å². The van der Waals surface area contributed by atoms with E-state index in [-0.39, 0.29) is 0 Å². The monoisotopic (exact) mass is 426 g/mol. The summed E-state index contributed by atoms with van der Waals surface area (Å²) in [7, 11) is 0. The molecular weight excluding hydrogens is 404 g/mol. The highest BCUT2D eigenvalue weighted by Crippen LogP contribution is 2.42. The molecular formula is C31H22S. The average molecular weight is 427 g/mol. The van der Waals surface area contributed by atoms with E-state index >= 15 is 0 Å². The summed E-state index contributed by atoms with van der Waals surface area (Å²) in [5.41, 5.74) is 8.85. The van der Waals surface area contributed by atoms with E-state index in [0.29, 0.717) is 0 Å². The molecule has 0 bridgehead atoms. The number of fused-ring (bicyclic) bond motifs is 3. The molecule has 0 fully saturated rings. The molecule has 0 saturated heterocycles. The SMILES string of the molecule is Cc1ccc(-c2cc3sc4ccccc4c3cc2-c2ccc(-c3ccccc3)cc2)cc1. The zero-order valence-electron chi connectivity index (χ0n) is 17.9. The van der Waals surface area contributed by atoms with Gasteiger partial charge in [-0.1, -0.05) is 103 Å². The van der Waals surface area contributed by atoms with Crippen LogP contribution < -0.4 is 0 Å². The first-order valence-corrected chi connectivity index (χ1v) is 11.8. The zero-order valence-corrected chi connectivity index (χ0v) is 18.7. The summed E-state index contributed by atoms with van der Waals surface area (Å²) in [6.45, 7) is 2.14. The number of aryl methyl sites for hydroxylation is 1. The molecule has 0 atom stereocenters. The van der Waals surface area contributed by atoms with Crippen LogP contribution in [0.5, 0.6) is 0 Å². The van der Waals surface area contributed by atoms with E-state index in [0.717, 1.165) is 0 Å². The molecule has 0 N–H and O–H groups in total. The second-order valence-corrected chi connectivity index (χ2v) is 9.39. The molecule has 0 spiro atoms. The summed E-state index contributed by atoms with van der Waals surface area (Å²) in [5, 5.41) is 2.67. The lowest BCUT2D eigenvalue weighted by Crippen LogP contribution is -1.87. The first-order valence-electron chi connectivity index (χ1n) is 10.9. The Balaban J connectivity index is 1.57. The second-order valence-electron chi connectivity index (χ2n) is 8.30. The van der Waals surface area contributed by atoms with Crippen LogP contribution in [0.15, 0.2) is 115 Å². The van der Waals surface area contributed by atoms with Crippen LogP contribution in [-0.4, -0.2) is 0 Å². The van der Waals surface area contributed by atoms with Crippen LogP contribution in [0, 0.1) is 6.92 Å². The lowest BCUT2D eigenvalue weighted by molar-refractivity contribution is 1.47. The smallest absolute Gasteiger partial charge is 0.0362 e. The third-order valence-electron chi connectivity index (χ3n) is 6.18. The second kappa shape index (κ2) is 7.78. The van der Waals surface area contributed by atoms with Crippen molar-refractivity contribution < 1.29 is 0 Å². The number of rotatable bonds is 3. The van der Waals surface area contributed by atoms with E-state index in [4.69, 9.17) is 0 Å². The molecule has 0 aliphatic heterocycles. The van der Waals surface area contributed by atoms with Gasteiger partial charge in [-0.15, -0.1) is 11.3 Å². The van der Waals surface area contributed by atoms with E-state index in [1.807, 2.05) is 11.3 Å². The molecule has 0 nitrogen and oxygen atoms in total. The normalized spacial score (nSPS) is 11.3. The quantitative estimate of drug-likeness (QED) is 0.264. The summed E-state index contributed by atoms with van der Waals surface area (Å²) in [6, 6.07) is 41.9. The highest BCUT2D eigenvalue weighted by molar-refractivity contribution is 7.25. The van der Waals surface area contributed by atoms with E-state index in [9.17, 15) is 0 Å². The van der Waals surface area contributed by atoms with Gasteiger partial charge in [-0.3, -0.25) is 0 Å². The van der Waals surface area contributed by atoms with Gasteiger partial charge in [0.05, 0.1) is 0 Å². The lowest BCUT2D eigenvalue weighted by Gasteiger charge is -2.13. The Hall–Kier alpha value is -3.68. The maximum atomic E-state index is 2.39. The van der Waals surface area contributed by atoms with Crippen LogP contribution in [0.25, 0.3) is 53.6 Å². The van der Waals surface area contributed by atoms with E-state index in [1.165, 1.54) is 59.1 Å². The van der Waals surface area contributed by atoms with E-state index in [1.54, 1.807) is 0 Å². The Morgan fingerprint density at radius 3 is 1.75 bits per heavy atom. The Morgan fingerprint density at radius 2 is 1.00 bits per heavy atom. The van der Waals surface area contributed by atoms with Gasteiger partial charge in [0.25, 0.3) is 0 Å². The van der Waals surface area contributed by atoms with Crippen molar-refractivity contribution in [1.82, 2.24) is 0 Å². The zero-order chi connectivity index (χ0) is 21.5. The van der Waals surface area contributed by atoms with Crippen LogP contribution in [-0.2, 0) is 0 Å². The van der Waals surface area contributed by atoms with Gasteiger partial charge >= 0.3 is 0 Å². The molecule has 1 aromatic heterocycles.